The predicted molar refractivity (Wildman–Crippen MR) is 241 cm³/mol. The van der Waals surface area contributed by atoms with Gasteiger partial charge in [0, 0.05) is 20.2 Å². The zero-order valence-electron chi connectivity index (χ0n) is 29.9. The number of thiophene rings is 1. The van der Waals surface area contributed by atoms with Gasteiger partial charge in [0.1, 0.15) is 0 Å². The maximum atomic E-state index is 2.47. The van der Waals surface area contributed by atoms with Gasteiger partial charge >= 0.3 is 0 Å². The zero-order chi connectivity index (χ0) is 36.0. The third kappa shape index (κ3) is 4.45. The van der Waals surface area contributed by atoms with E-state index < -0.39 is 0 Å². The Balaban J connectivity index is 1.19. The van der Waals surface area contributed by atoms with Crippen LogP contribution < -0.4 is 0 Å². The van der Waals surface area contributed by atoms with E-state index in [0.717, 1.165) is 0 Å². The SMILES string of the molecule is c1ccc(-c2c3ccccc3c(-c3c4ccccc4c(-c4ccc5sc6ccc7c8ccccc8ccc7c6c5c4)c4ccccc34)c3ccccc23)cc1. The Morgan fingerprint density at radius 3 is 1.24 bits per heavy atom. The first-order valence-electron chi connectivity index (χ1n) is 19.0. The molecule has 55 heavy (non-hydrogen) atoms. The van der Waals surface area contributed by atoms with Gasteiger partial charge in [-0.3, -0.25) is 0 Å². The summed E-state index contributed by atoms with van der Waals surface area (Å²) in [5.74, 6) is 0. The minimum Gasteiger partial charge on any atom is -0.135 e. The Morgan fingerprint density at radius 1 is 0.236 bits per heavy atom. The topological polar surface area (TPSA) is 0 Å². The second-order valence-electron chi connectivity index (χ2n) is 14.7. The van der Waals surface area contributed by atoms with Crippen LogP contribution in [0.5, 0.6) is 0 Å². The van der Waals surface area contributed by atoms with Crippen LogP contribution in [0.3, 0.4) is 0 Å². The normalized spacial score (nSPS) is 12.0. The van der Waals surface area contributed by atoms with Crippen molar-refractivity contribution >= 4 is 96.1 Å². The Labute approximate surface area is 322 Å². The summed E-state index contributed by atoms with van der Waals surface area (Å²) in [7, 11) is 0. The van der Waals surface area contributed by atoms with Crippen molar-refractivity contribution in [2.45, 2.75) is 0 Å². The third-order valence-electron chi connectivity index (χ3n) is 11.8. The highest BCUT2D eigenvalue weighted by molar-refractivity contribution is 7.26. The lowest BCUT2D eigenvalue weighted by atomic mass is 9.81. The number of rotatable bonds is 3. The van der Waals surface area contributed by atoms with Crippen molar-refractivity contribution in [3.05, 3.63) is 194 Å². The van der Waals surface area contributed by atoms with Gasteiger partial charge in [0.15, 0.2) is 0 Å². The van der Waals surface area contributed by atoms with Gasteiger partial charge in [0.05, 0.1) is 0 Å². The van der Waals surface area contributed by atoms with E-state index >= 15 is 0 Å². The molecule has 254 valence electrons. The Kier molecular flexibility index (Phi) is 6.60. The Hall–Kier alpha value is -6.80. The van der Waals surface area contributed by atoms with Gasteiger partial charge in [-0.2, -0.15) is 0 Å². The minimum absolute atomic E-state index is 1.24. The molecule has 0 saturated heterocycles. The van der Waals surface area contributed by atoms with Crippen molar-refractivity contribution in [1.82, 2.24) is 0 Å². The van der Waals surface area contributed by atoms with E-state index in [0.29, 0.717) is 0 Å². The van der Waals surface area contributed by atoms with Crippen LogP contribution in [-0.2, 0) is 0 Å². The standard InChI is InChI=1S/C54H32S/c1-2-15-34(16-3-1)50-38-18-6-10-22-42(38)53(43-23-11-7-19-39(43)50)54-44-24-12-8-20-40(44)51(41-21-9-13-25-45(41)54)35-27-30-48-47(32-35)52-46-28-26-33-14-4-5-17-36(33)37(46)29-31-49(52)55-48/h1-32H. The average molecular weight is 713 g/mol. The molecule has 12 aromatic rings. The first kappa shape index (κ1) is 30.6. The van der Waals surface area contributed by atoms with Gasteiger partial charge in [-0.05, 0) is 116 Å². The van der Waals surface area contributed by atoms with Gasteiger partial charge in [-0.15, -0.1) is 11.3 Å². The fraction of sp³-hybridized carbons (Fsp3) is 0. The Morgan fingerprint density at radius 2 is 0.673 bits per heavy atom. The van der Waals surface area contributed by atoms with Gasteiger partial charge in [0.2, 0.25) is 0 Å². The van der Waals surface area contributed by atoms with E-state index in [2.05, 4.69) is 194 Å². The predicted octanol–water partition coefficient (Wildman–Crippen LogP) is 16.0. The van der Waals surface area contributed by atoms with Crippen LogP contribution in [0.4, 0.5) is 0 Å². The molecule has 1 heteroatoms. The van der Waals surface area contributed by atoms with E-state index in [1.54, 1.807) is 0 Å². The van der Waals surface area contributed by atoms with Crippen molar-refractivity contribution in [2.24, 2.45) is 0 Å². The molecule has 12 rings (SSSR count). The summed E-state index contributed by atoms with van der Waals surface area (Å²) in [4.78, 5) is 0. The summed E-state index contributed by atoms with van der Waals surface area (Å²) >= 11 is 1.89. The molecule has 0 fully saturated rings. The van der Waals surface area contributed by atoms with Crippen LogP contribution in [0.2, 0.25) is 0 Å². The molecule has 0 spiro atoms. The molecular formula is C54H32S. The summed E-state index contributed by atoms with van der Waals surface area (Å²) in [6.07, 6.45) is 0. The highest BCUT2D eigenvalue weighted by Crippen LogP contribution is 2.51. The molecule has 0 saturated carbocycles. The molecule has 0 aliphatic heterocycles. The molecule has 0 nitrogen and oxygen atoms in total. The molecule has 0 unspecified atom stereocenters. The lowest BCUT2D eigenvalue weighted by Crippen LogP contribution is -1.94. The van der Waals surface area contributed by atoms with Crippen molar-refractivity contribution in [1.29, 1.82) is 0 Å². The van der Waals surface area contributed by atoms with Crippen LogP contribution >= 0.6 is 11.3 Å². The van der Waals surface area contributed by atoms with E-state index in [9.17, 15) is 0 Å². The first-order chi connectivity index (χ1) is 27.3. The lowest BCUT2D eigenvalue weighted by Gasteiger charge is -2.22. The van der Waals surface area contributed by atoms with E-state index in [1.165, 1.54) is 118 Å². The highest BCUT2D eigenvalue weighted by Gasteiger charge is 2.22. The first-order valence-corrected chi connectivity index (χ1v) is 19.8. The summed E-state index contributed by atoms with van der Waals surface area (Å²) in [5.41, 5.74) is 7.65. The fourth-order valence-electron chi connectivity index (χ4n) is 9.54. The molecular weight excluding hydrogens is 681 g/mol. The van der Waals surface area contributed by atoms with Crippen molar-refractivity contribution in [3.63, 3.8) is 0 Å². The summed E-state index contributed by atoms with van der Waals surface area (Å²) in [5, 5.41) is 18.1. The second kappa shape index (κ2) is 11.9. The highest BCUT2D eigenvalue weighted by atomic mass is 32.1. The molecule has 0 aliphatic rings. The average Bonchev–Trinajstić information content (AvgIpc) is 3.63. The second-order valence-corrected chi connectivity index (χ2v) is 15.8. The number of hydrogen-bond donors (Lipinski definition) is 0. The molecule has 0 atom stereocenters. The molecule has 0 amide bonds. The largest absolute Gasteiger partial charge is 0.135 e. The Bertz CT molecular complexity index is 3420. The zero-order valence-corrected chi connectivity index (χ0v) is 30.7. The van der Waals surface area contributed by atoms with Gasteiger partial charge in [-0.25, -0.2) is 0 Å². The third-order valence-corrected chi connectivity index (χ3v) is 13.0. The molecule has 0 aliphatic carbocycles. The van der Waals surface area contributed by atoms with Crippen LogP contribution in [0.25, 0.3) is 118 Å². The van der Waals surface area contributed by atoms with Crippen LogP contribution in [0, 0.1) is 0 Å². The van der Waals surface area contributed by atoms with Crippen molar-refractivity contribution < 1.29 is 0 Å². The van der Waals surface area contributed by atoms with Crippen LogP contribution in [0.1, 0.15) is 0 Å². The smallest absolute Gasteiger partial charge is 0.0361 e. The van der Waals surface area contributed by atoms with Gasteiger partial charge in [0.25, 0.3) is 0 Å². The number of hydrogen-bond acceptors (Lipinski definition) is 1. The number of fused-ring (bicyclic) bond motifs is 11. The van der Waals surface area contributed by atoms with Gasteiger partial charge in [-0.1, -0.05) is 176 Å². The summed E-state index contributed by atoms with van der Waals surface area (Å²) < 4.78 is 2.65. The lowest BCUT2D eigenvalue weighted by molar-refractivity contribution is 1.67. The molecule has 0 bridgehead atoms. The monoisotopic (exact) mass is 712 g/mol. The molecule has 11 aromatic carbocycles. The summed E-state index contributed by atoms with van der Waals surface area (Å²) in [6, 6.07) is 72.2. The quantitative estimate of drug-likeness (QED) is 0.126. The maximum Gasteiger partial charge on any atom is 0.0361 e. The molecule has 0 radical (unpaired) electrons. The fourth-order valence-corrected chi connectivity index (χ4v) is 10.6. The molecule has 1 heterocycles. The van der Waals surface area contributed by atoms with E-state index in [4.69, 9.17) is 0 Å². The summed E-state index contributed by atoms with van der Waals surface area (Å²) in [6.45, 7) is 0. The van der Waals surface area contributed by atoms with Crippen LogP contribution in [-0.4, -0.2) is 0 Å². The van der Waals surface area contributed by atoms with E-state index in [1.807, 2.05) is 11.3 Å². The number of benzene rings is 11. The van der Waals surface area contributed by atoms with Crippen LogP contribution in [0.15, 0.2) is 194 Å². The minimum atomic E-state index is 1.24. The van der Waals surface area contributed by atoms with Crippen molar-refractivity contribution in [3.8, 4) is 33.4 Å². The maximum absolute atomic E-state index is 2.47. The van der Waals surface area contributed by atoms with E-state index in [-0.39, 0.29) is 0 Å². The van der Waals surface area contributed by atoms with Crippen molar-refractivity contribution in [2.75, 3.05) is 0 Å². The molecule has 0 N–H and O–H groups in total. The molecule has 1 aromatic heterocycles. The van der Waals surface area contributed by atoms with Gasteiger partial charge < -0.3 is 0 Å².